The molecule has 30 heavy (non-hydrogen) atoms. The highest BCUT2D eigenvalue weighted by molar-refractivity contribution is 5.84. The smallest absolute Gasteiger partial charge is 0.347 e. The third-order valence-corrected chi connectivity index (χ3v) is 4.21. The van der Waals surface area contributed by atoms with Crippen molar-refractivity contribution in [2.75, 3.05) is 14.2 Å². The zero-order valence-electron chi connectivity index (χ0n) is 17.3. The molecule has 0 fully saturated rings. The third kappa shape index (κ3) is 6.14. The van der Waals surface area contributed by atoms with Gasteiger partial charge in [0.1, 0.15) is 5.75 Å². The van der Waals surface area contributed by atoms with Crippen molar-refractivity contribution < 1.29 is 28.5 Å². The number of nitrogens with zero attached hydrogens (tertiary/aromatic N) is 1. The van der Waals surface area contributed by atoms with Crippen LogP contribution in [-0.4, -0.2) is 38.3 Å². The van der Waals surface area contributed by atoms with E-state index in [-0.39, 0.29) is 6.54 Å². The van der Waals surface area contributed by atoms with E-state index in [1.165, 1.54) is 21.0 Å². The molecule has 0 saturated heterocycles. The Kier molecular flexibility index (Phi) is 8.06. The molecule has 2 atom stereocenters. The lowest BCUT2D eigenvalue weighted by Gasteiger charge is -2.18. The third-order valence-electron chi connectivity index (χ3n) is 4.21. The summed E-state index contributed by atoms with van der Waals surface area (Å²) in [6.45, 7) is 3.24. The molecule has 0 radical (unpaired) electrons. The summed E-state index contributed by atoms with van der Waals surface area (Å²) in [5.74, 6) is 0.449. The van der Waals surface area contributed by atoms with Crippen molar-refractivity contribution in [3.05, 3.63) is 53.6 Å². The number of carbonyl (C=O) groups is 2. The number of hydrogen-bond acceptors (Lipinski definition) is 7. The monoisotopic (exact) mass is 412 g/mol. The molecule has 158 valence electrons. The summed E-state index contributed by atoms with van der Waals surface area (Å²) in [5.41, 5.74) is 1.29. The molecular weight excluding hydrogens is 388 g/mol. The Bertz CT molecular complexity index is 920. The second kappa shape index (κ2) is 10.7. The summed E-state index contributed by atoms with van der Waals surface area (Å²) < 4.78 is 21.1. The van der Waals surface area contributed by atoms with Crippen LogP contribution in [0.2, 0.25) is 0 Å². The molecular formula is C22H24N2O6. The maximum atomic E-state index is 12.3. The van der Waals surface area contributed by atoms with Crippen LogP contribution in [0.25, 0.3) is 0 Å². The molecule has 2 aromatic rings. The topological polar surface area (TPSA) is 107 Å². The highest BCUT2D eigenvalue weighted by Gasteiger charge is 2.23. The van der Waals surface area contributed by atoms with E-state index in [1.54, 1.807) is 49.6 Å². The molecule has 1 amide bonds. The highest BCUT2D eigenvalue weighted by atomic mass is 16.6. The predicted octanol–water partition coefficient (Wildman–Crippen LogP) is 2.59. The van der Waals surface area contributed by atoms with Crippen LogP contribution in [0.15, 0.2) is 42.5 Å². The highest BCUT2D eigenvalue weighted by Crippen LogP contribution is 2.27. The van der Waals surface area contributed by atoms with Crippen molar-refractivity contribution in [3.8, 4) is 23.3 Å². The molecule has 0 saturated carbocycles. The summed E-state index contributed by atoms with van der Waals surface area (Å²) in [6, 6.07) is 13.6. The zero-order valence-corrected chi connectivity index (χ0v) is 17.3. The van der Waals surface area contributed by atoms with Gasteiger partial charge in [0.2, 0.25) is 0 Å². The molecule has 0 heterocycles. The first kappa shape index (κ1) is 22.6. The van der Waals surface area contributed by atoms with Crippen molar-refractivity contribution in [1.29, 1.82) is 5.26 Å². The van der Waals surface area contributed by atoms with Gasteiger partial charge in [0.15, 0.2) is 23.7 Å². The Morgan fingerprint density at radius 2 is 1.67 bits per heavy atom. The fraction of sp³-hybridized carbons (Fsp3) is 0.318. The first-order valence-corrected chi connectivity index (χ1v) is 9.23. The number of amides is 1. The summed E-state index contributed by atoms with van der Waals surface area (Å²) >= 11 is 0. The first-order chi connectivity index (χ1) is 14.4. The lowest BCUT2D eigenvalue weighted by atomic mass is 10.2. The lowest BCUT2D eigenvalue weighted by molar-refractivity contribution is -0.160. The van der Waals surface area contributed by atoms with Gasteiger partial charge in [0.25, 0.3) is 5.91 Å². The van der Waals surface area contributed by atoms with Gasteiger partial charge in [-0.3, -0.25) is 4.79 Å². The lowest BCUT2D eigenvalue weighted by Crippen LogP contribution is -2.38. The van der Waals surface area contributed by atoms with E-state index < -0.39 is 24.1 Å². The van der Waals surface area contributed by atoms with Gasteiger partial charge in [0.05, 0.1) is 25.9 Å². The van der Waals surface area contributed by atoms with Gasteiger partial charge in [0, 0.05) is 6.54 Å². The summed E-state index contributed by atoms with van der Waals surface area (Å²) in [6.07, 6.45) is -1.91. The van der Waals surface area contributed by atoms with E-state index >= 15 is 0 Å². The van der Waals surface area contributed by atoms with Crippen LogP contribution in [0.3, 0.4) is 0 Å². The molecule has 0 aromatic heterocycles. The van der Waals surface area contributed by atoms with Crippen LogP contribution in [0.4, 0.5) is 0 Å². The largest absolute Gasteiger partial charge is 0.493 e. The quantitative estimate of drug-likeness (QED) is 0.631. The molecule has 0 bridgehead atoms. The van der Waals surface area contributed by atoms with Gasteiger partial charge in [-0.25, -0.2) is 4.79 Å². The van der Waals surface area contributed by atoms with Crippen molar-refractivity contribution in [3.63, 3.8) is 0 Å². The van der Waals surface area contributed by atoms with E-state index in [0.717, 1.165) is 5.56 Å². The summed E-state index contributed by atoms with van der Waals surface area (Å²) in [5, 5.41) is 11.5. The van der Waals surface area contributed by atoms with Gasteiger partial charge in [-0.05, 0) is 55.8 Å². The molecule has 8 nitrogen and oxygen atoms in total. The number of rotatable bonds is 9. The summed E-state index contributed by atoms with van der Waals surface area (Å²) in [7, 11) is 3.07. The fourth-order valence-electron chi connectivity index (χ4n) is 2.51. The SMILES string of the molecule is COc1ccc(CNC(=O)C(C)OC(=O)C(C)Oc2ccc(C#N)cc2)cc1OC. The summed E-state index contributed by atoms with van der Waals surface area (Å²) in [4.78, 5) is 24.5. The van der Waals surface area contributed by atoms with E-state index in [1.807, 2.05) is 6.07 Å². The minimum Gasteiger partial charge on any atom is -0.493 e. The molecule has 2 aromatic carbocycles. The van der Waals surface area contributed by atoms with Crippen LogP contribution in [0, 0.1) is 11.3 Å². The van der Waals surface area contributed by atoms with Gasteiger partial charge >= 0.3 is 5.97 Å². The van der Waals surface area contributed by atoms with Crippen molar-refractivity contribution >= 4 is 11.9 Å². The molecule has 0 spiro atoms. The zero-order chi connectivity index (χ0) is 22.1. The predicted molar refractivity (Wildman–Crippen MR) is 108 cm³/mol. The average Bonchev–Trinajstić information content (AvgIpc) is 2.77. The first-order valence-electron chi connectivity index (χ1n) is 9.23. The average molecular weight is 412 g/mol. The Morgan fingerprint density at radius 3 is 2.27 bits per heavy atom. The fourth-order valence-corrected chi connectivity index (χ4v) is 2.51. The van der Waals surface area contributed by atoms with E-state index in [2.05, 4.69) is 5.32 Å². The number of ether oxygens (including phenoxy) is 4. The maximum absolute atomic E-state index is 12.3. The van der Waals surface area contributed by atoms with Gasteiger partial charge < -0.3 is 24.3 Å². The van der Waals surface area contributed by atoms with E-state index in [0.29, 0.717) is 22.8 Å². The minimum absolute atomic E-state index is 0.234. The number of nitrogens with one attached hydrogen (secondary N) is 1. The van der Waals surface area contributed by atoms with Gasteiger partial charge in [-0.1, -0.05) is 6.07 Å². The van der Waals surface area contributed by atoms with Crippen LogP contribution in [0.5, 0.6) is 17.2 Å². The Labute approximate surface area is 175 Å². The molecule has 2 unspecified atom stereocenters. The van der Waals surface area contributed by atoms with Crippen LogP contribution in [0.1, 0.15) is 25.0 Å². The molecule has 0 aliphatic rings. The standard InChI is InChI=1S/C22H24N2O6/c1-14(21(25)24-13-17-7-10-19(27-3)20(11-17)28-4)30-22(26)15(2)29-18-8-5-16(12-23)6-9-18/h5-11,14-15H,13H2,1-4H3,(H,24,25). The van der Waals surface area contributed by atoms with Gasteiger partial charge in [-0.2, -0.15) is 5.26 Å². The van der Waals surface area contributed by atoms with E-state index in [9.17, 15) is 9.59 Å². The number of benzene rings is 2. The molecule has 8 heteroatoms. The Morgan fingerprint density at radius 1 is 1.00 bits per heavy atom. The second-order valence-electron chi connectivity index (χ2n) is 6.38. The number of nitriles is 1. The van der Waals surface area contributed by atoms with Crippen molar-refractivity contribution in [2.24, 2.45) is 0 Å². The Hall–Kier alpha value is -3.73. The Balaban J connectivity index is 1.85. The molecule has 0 aliphatic carbocycles. The normalized spacial score (nSPS) is 12.1. The number of methoxy groups -OCH3 is 2. The number of esters is 1. The number of hydrogen-bond donors (Lipinski definition) is 1. The van der Waals surface area contributed by atoms with E-state index in [4.69, 9.17) is 24.2 Å². The van der Waals surface area contributed by atoms with Crippen LogP contribution < -0.4 is 19.5 Å². The minimum atomic E-state index is -0.996. The molecule has 0 aliphatic heterocycles. The molecule has 2 rings (SSSR count). The number of carbonyl (C=O) groups excluding carboxylic acids is 2. The van der Waals surface area contributed by atoms with Crippen LogP contribution >= 0.6 is 0 Å². The van der Waals surface area contributed by atoms with Gasteiger partial charge in [-0.15, -0.1) is 0 Å². The second-order valence-corrected chi connectivity index (χ2v) is 6.38. The van der Waals surface area contributed by atoms with Crippen molar-refractivity contribution in [2.45, 2.75) is 32.6 Å². The maximum Gasteiger partial charge on any atom is 0.347 e. The van der Waals surface area contributed by atoms with Crippen LogP contribution in [-0.2, 0) is 20.9 Å². The molecule has 1 N–H and O–H groups in total. The van der Waals surface area contributed by atoms with Crippen molar-refractivity contribution in [1.82, 2.24) is 5.32 Å².